The van der Waals surface area contributed by atoms with Gasteiger partial charge < -0.3 is 15.0 Å². The molecule has 0 bridgehead atoms. The number of nitrogens with one attached hydrogen (secondary N) is 1. The van der Waals surface area contributed by atoms with Gasteiger partial charge in [-0.2, -0.15) is 0 Å². The van der Waals surface area contributed by atoms with Gasteiger partial charge in [0.05, 0.1) is 0 Å². The molecule has 0 fully saturated rings. The second-order valence-electron chi connectivity index (χ2n) is 10.0. The number of carbonyl (C=O) groups is 1. The Hall–Kier alpha value is -3.34. The summed E-state index contributed by atoms with van der Waals surface area (Å²) < 4.78 is 6.46. The van der Waals surface area contributed by atoms with Crippen molar-refractivity contribution >= 4 is 29.1 Å². The zero-order chi connectivity index (χ0) is 25.2. The van der Waals surface area contributed by atoms with Gasteiger partial charge >= 0.3 is 0 Å². The van der Waals surface area contributed by atoms with Gasteiger partial charge in [-0.05, 0) is 59.9 Å². The molecule has 1 aliphatic rings. The lowest BCUT2D eigenvalue weighted by atomic mass is 9.83. The first-order valence-corrected chi connectivity index (χ1v) is 12.7. The standard InChI is InChI=1S/C32H34N2O2.ClH/c1-21-16-17-24(18-29(21)32(35)34(3)4)30-19-25(36-31-15-8-7-13-28(30)31)20-33-22(2)26-14-9-11-23-10-5-6-12-27(23)26;/h5-18,22,25,30,33H,19-20H2,1-4H3;1H/t22?,25-,30+;/m1./s1. The van der Waals surface area contributed by atoms with Gasteiger partial charge in [0.15, 0.2) is 0 Å². The molecule has 192 valence electrons. The molecule has 0 aromatic heterocycles. The number of ether oxygens (including phenoxy) is 1. The zero-order valence-corrected chi connectivity index (χ0v) is 22.7. The molecule has 5 heteroatoms. The van der Waals surface area contributed by atoms with Gasteiger partial charge in [-0.25, -0.2) is 0 Å². The Morgan fingerprint density at radius 2 is 1.73 bits per heavy atom. The highest BCUT2D eigenvalue weighted by Crippen LogP contribution is 2.41. The molecular formula is C32H35ClN2O2. The van der Waals surface area contributed by atoms with E-state index in [1.165, 1.54) is 21.9 Å². The molecule has 0 saturated heterocycles. The van der Waals surface area contributed by atoms with E-state index in [0.29, 0.717) is 0 Å². The Balaban J connectivity index is 0.00000320. The van der Waals surface area contributed by atoms with Crippen LogP contribution in [0.4, 0.5) is 0 Å². The topological polar surface area (TPSA) is 41.6 Å². The summed E-state index contributed by atoms with van der Waals surface area (Å²) in [4.78, 5) is 14.5. The van der Waals surface area contributed by atoms with Gasteiger partial charge in [0.25, 0.3) is 5.91 Å². The van der Waals surface area contributed by atoms with Gasteiger partial charge in [0, 0.05) is 43.7 Å². The number of nitrogens with zero attached hydrogens (tertiary/aromatic N) is 1. The van der Waals surface area contributed by atoms with E-state index in [0.717, 1.165) is 35.4 Å². The van der Waals surface area contributed by atoms with Crippen LogP contribution in [0.5, 0.6) is 5.75 Å². The Bertz CT molecular complexity index is 1400. The van der Waals surface area contributed by atoms with Crippen LogP contribution in [0.2, 0.25) is 0 Å². The highest BCUT2D eigenvalue weighted by molar-refractivity contribution is 5.95. The molecule has 0 aliphatic carbocycles. The van der Waals surface area contributed by atoms with E-state index >= 15 is 0 Å². The molecule has 0 saturated carbocycles. The van der Waals surface area contributed by atoms with Gasteiger partial charge in [0.1, 0.15) is 11.9 Å². The molecule has 37 heavy (non-hydrogen) atoms. The quantitative estimate of drug-likeness (QED) is 0.304. The maximum atomic E-state index is 12.8. The van der Waals surface area contributed by atoms with Crippen molar-refractivity contribution in [2.24, 2.45) is 0 Å². The minimum atomic E-state index is 0. The van der Waals surface area contributed by atoms with Crippen molar-refractivity contribution in [3.05, 3.63) is 113 Å². The van der Waals surface area contributed by atoms with Crippen molar-refractivity contribution < 1.29 is 9.53 Å². The maximum Gasteiger partial charge on any atom is 0.253 e. The minimum absolute atomic E-state index is 0. The highest BCUT2D eigenvalue weighted by Gasteiger charge is 2.30. The van der Waals surface area contributed by atoms with Crippen LogP contribution in [0.1, 0.15) is 57.9 Å². The fraction of sp³-hybridized carbons (Fsp3) is 0.281. The molecule has 4 nitrogen and oxygen atoms in total. The summed E-state index contributed by atoms with van der Waals surface area (Å²) in [5, 5.41) is 6.27. The molecule has 1 amide bonds. The molecule has 1 N–H and O–H groups in total. The van der Waals surface area contributed by atoms with E-state index in [9.17, 15) is 4.79 Å². The van der Waals surface area contributed by atoms with E-state index in [2.05, 4.69) is 91.1 Å². The number of carbonyl (C=O) groups excluding carboxylic acids is 1. The summed E-state index contributed by atoms with van der Waals surface area (Å²) >= 11 is 0. The summed E-state index contributed by atoms with van der Waals surface area (Å²) in [5.41, 5.74) is 5.41. The molecule has 5 rings (SSSR count). The average molecular weight is 515 g/mol. The average Bonchev–Trinajstić information content (AvgIpc) is 2.90. The lowest BCUT2D eigenvalue weighted by molar-refractivity contribution is 0.0826. The number of aryl methyl sites for hydroxylation is 1. The minimum Gasteiger partial charge on any atom is -0.489 e. The number of benzene rings is 4. The largest absolute Gasteiger partial charge is 0.489 e. The molecule has 0 radical (unpaired) electrons. The predicted octanol–water partition coefficient (Wildman–Crippen LogP) is 6.91. The Morgan fingerprint density at radius 1 is 1.00 bits per heavy atom. The predicted molar refractivity (Wildman–Crippen MR) is 154 cm³/mol. The number of para-hydroxylation sites is 1. The first kappa shape index (κ1) is 26.7. The number of hydrogen-bond donors (Lipinski definition) is 1. The molecule has 4 aromatic rings. The summed E-state index contributed by atoms with van der Waals surface area (Å²) in [6.45, 7) is 4.96. The molecular weight excluding hydrogens is 480 g/mol. The number of amides is 1. The number of hydrogen-bond acceptors (Lipinski definition) is 3. The van der Waals surface area contributed by atoms with Crippen LogP contribution in [-0.2, 0) is 0 Å². The Morgan fingerprint density at radius 3 is 2.54 bits per heavy atom. The van der Waals surface area contributed by atoms with Crippen LogP contribution >= 0.6 is 12.4 Å². The van der Waals surface area contributed by atoms with Crippen molar-refractivity contribution in [3.63, 3.8) is 0 Å². The second kappa shape index (κ2) is 11.4. The van der Waals surface area contributed by atoms with Crippen LogP contribution in [0, 0.1) is 6.92 Å². The van der Waals surface area contributed by atoms with E-state index in [1.54, 1.807) is 19.0 Å². The van der Waals surface area contributed by atoms with Crippen molar-refractivity contribution in [1.82, 2.24) is 10.2 Å². The molecule has 1 unspecified atom stereocenters. The van der Waals surface area contributed by atoms with Gasteiger partial charge in [-0.15, -0.1) is 12.4 Å². The third-order valence-electron chi connectivity index (χ3n) is 7.33. The van der Waals surface area contributed by atoms with E-state index in [-0.39, 0.29) is 36.4 Å². The van der Waals surface area contributed by atoms with Crippen LogP contribution in [0.25, 0.3) is 10.8 Å². The van der Waals surface area contributed by atoms with E-state index < -0.39 is 0 Å². The maximum absolute atomic E-state index is 12.8. The Kier molecular flexibility index (Phi) is 8.21. The fourth-order valence-corrected chi connectivity index (χ4v) is 5.31. The van der Waals surface area contributed by atoms with Gasteiger partial charge in [0.2, 0.25) is 0 Å². The lowest BCUT2D eigenvalue weighted by Crippen LogP contribution is -2.37. The SMILES string of the molecule is Cc1ccc([C@@H]2C[C@H](CNC(C)c3cccc4ccccc34)Oc3ccccc32)cc1C(=O)N(C)C.Cl. The molecule has 0 spiro atoms. The van der Waals surface area contributed by atoms with Crippen LogP contribution in [0.15, 0.2) is 84.9 Å². The third-order valence-corrected chi connectivity index (χ3v) is 7.33. The summed E-state index contributed by atoms with van der Waals surface area (Å²) in [6, 6.07) is 29.8. The smallest absolute Gasteiger partial charge is 0.253 e. The number of rotatable bonds is 6. The van der Waals surface area contributed by atoms with Crippen molar-refractivity contribution in [2.75, 3.05) is 20.6 Å². The van der Waals surface area contributed by atoms with Crippen LogP contribution in [0.3, 0.4) is 0 Å². The Labute approximate surface area is 226 Å². The summed E-state index contributed by atoms with van der Waals surface area (Å²) in [5.74, 6) is 1.14. The fourth-order valence-electron chi connectivity index (χ4n) is 5.31. The highest BCUT2D eigenvalue weighted by atomic mass is 35.5. The first-order valence-electron chi connectivity index (χ1n) is 12.7. The van der Waals surface area contributed by atoms with E-state index in [1.807, 2.05) is 13.0 Å². The lowest BCUT2D eigenvalue weighted by Gasteiger charge is -2.34. The number of halogens is 1. The van der Waals surface area contributed by atoms with Crippen molar-refractivity contribution in [3.8, 4) is 5.75 Å². The first-order chi connectivity index (χ1) is 17.4. The van der Waals surface area contributed by atoms with Crippen molar-refractivity contribution in [2.45, 2.75) is 38.3 Å². The van der Waals surface area contributed by atoms with Crippen LogP contribution < -0.4 is 10.1 Å². The van der Waals surface area contributed by atoms with Gasteiger partial charge in [-0.3, -0.25) is 4.79 Å². The zero-order valence-electron chi connectivity index (χ0n) is 21.9. The second-order valence-corrected chi connectivity index (χ2v) is 10.0. The summed E-state index contributed by atoms with van der Waals surface area (Å²) in [7, 11) is 3.61. The molecule has 1 heterocycles. The third kappa shape index (κ3) is 5.51. The van der Waals surface area contributed by atoms with Gasteiger partial charge in [-0.1, -0.05) is 72.8 Å². The number of fused-ring (bicyclic) bond motifs is 2. The van der Waals surface area contributed by atoms with Crippen molar-refractivity contribution in [1.29, 1.82) is 0 Å². The molecule has 1 aliphatic heterocycles. The normalized spacial score (nSPS) is 17.3. The molecule has 4 aromatic carbocycles. The monoisotopic (exact) mass is 514 g/mol. The van der Waals surface area contributed by atoms with Crippen LogP contribution in [-0.4, -0.2) is 37.6 Å². The van der Waals surface area contributed by atoms with E-state index in [4.69, 9.17) is 4.74 Å². The summed E-state index contributed by atoms with van der Waals surface area (Å²) in [6.07, 6.45) is 0.877. The molecule has 3 atom stereocenters.